The Kier molecular flexibility index (Phi) is 2.45. The van der Waals surface area contributed by atoms with Crippen molar-refractivity contribution in [3.8, 4) is 5.69 Å². The molecular weight excluding hydrogens is 248 g/mol. The predicted molar refractivity (Wildman–Crippen MR) is 73.0 cm³/mol. The van der Waals surface area contributed by atoms with Crippen LogP contribution in [0.25, 0.3) is 16.9 Å². The van der Waals surface area contributed by atoms with E-state index in [1.807, 2.05) is 35.8 Å². The summed E-state index contributed by atoms with van der Waals surface area (Å²) in [4.78, 5) is 8.57. The standard InChI is InChI=1S/C13H11ClN4/c1-8-3-2-4-10(5-8)18-12-11(17-13(18)15)6-9(14)7-16-12/h2-7H,1H3,(H2,15,17). The van der Waals surface area contributed by atoms with E-state index in [1.54, 1.807) is 12.3 Å². The molecular formula is C13H11ClN4. The summed E-state index contributed by atoms with van der Waals surface area (Å²) in [5.74, 6) is 0.408. The Bertz CT molecular complexity index is 733. The highest BCUT2D eigenvalue weighted by Gasteiger charge is 2.11. The quantitative estimate of drug-likeness (QED) is 0.730. The lowest BCUT2D eigenvalue weighted by molar-refractivity contribution is 1.08. The van der Waals surface area contributed by atoms with Crippen LogP contribution in [0.4, 0.5) is 5.95 Å². The molecule has 0 unspecified atom stereocenters. The Morgan fingerprint density at radius 3 is 2.89 bits per heavy atom. The van der Waals surface area contributed by atoms with Crippen LogP contribution in [0.3, 0.4) is 0 Å². The molecule has 5 heteroatoms. The zero-order valence-electron chi connectivity index (χ0n) is 9.76. The van der Waals surface area contributed by atoms with Gasteiger partial charge in [-0.3, -0.25) is 4.57 Å². The highest BCUT2D eigenvalue weighted by molar-refractivity contribution is 6.31. The van der Waals surface area contributed by atoms with Crippen LogP contribution in [0.2, 0.25) is 5.02 Å². The van der Waals surface area contributed by atoms with Gasteiger partial charge in [0.15, 0.2) is 5.65 Å². The van der Waals surface area contributed by atoms with Gasteiger partial charge in [0.2, 0.25) is 5.95 Å². The highest BCUT2D eigenvalue weighted by Crippen LogP contribution is 2.23. The van der Waals surface area contributed by atoms with Gasteiger partial charge in [-0.05, 0) is 30.7 Å². The molecule has 0 amide bonds. The van der Waals surface area contributed by atoms with Crippen molar-refractivity contribution in [2.45, 2.75) is 6.92 Å². The minimum Gasteiger partial charge on any atom is -0.369 e. The van der Waals surface area contributed by atoms with Gasteiger partial charge in [0.25, 0.3) is 0 Å². The van der Waals surface area contributed by atoms with Gasteiger partial charge in [-0.1, -0.05) is 23.7 Å². The van der Waals surface area contributed by atoms with Gasteiger partial charge in [-0.2, -0.15) is 0 Å². The van der Waals surface area contributed by atoms with Crippen molar-refractivity contribution < 1.29 is 0 Å². The molecule has 0 spiro atoms. The summed E-state index contributed by atoms with van der Waals surface area (Å²) in [6.07, 6.45) is 1.59. The fourth-order valence-electron chi connectivity index (χ4n) is 1.98. The number of halogens is 1. The number of nitrogen functional groups attached to an aromatic ring is 1. The van der Waals surface area contributed by atoms with Crippen LogP contribution in [0.15, 0.2) is 36.5 Å². The zero-order valence-corrected chi connectivity index (χ0v) is 10.5. The first-order chi connectivity index (χ1) is 8.65. The molecule has 0 saturated heterocycles. The lowest BCUT2D eigenvalue weighted by atomic mass is 10.2. The summed E-state index contributed by atoms with van der Waals surface area (Å²) in [7, 11) is 0. The fraction of sp³-hybridized carbons (Fsp3) is 0.0769. The zero-order chi connectivity index (χ0) is 12.7. The number of aryl methyl sites for hydroxylation is 1. The fourth-order valence-corrected chi connectivity index (χ4v) is 2.13. The topological polar surface area (TPSA) is 56.7 Å². The average Bonchev–Trinajstić information content (AvgIpc) is 2.64. The van der Waals surface area contributed by atoms with Crippen LogP contribution in [0, 0.1) is 6.92 Å². The second-order valence-electron chi connectivity index (χ2n) is 4.14. The van der Waals surface area contributed by atoms with Gasteiger partial charge in [-0.25, -0.2) is 9.97 Å². The van der Waals surface area contributed by atoms with Gasteiger partial charge in [0, 0.05) is 6.20 Å². The van der Waals surface area contributed by atoms with E-state index in [-0.39, 0.29) is 0 Å². The van der Waals surface area contributed by atoms with Crippen molar-refractivity contribution in [3.63, 3.8) is 0 Å². The number of fused-ring (bicyclic) bond motifs is 1. The summed E-state index contributed by atoms with van der Waals surface area (Å²) < 4.78 is 1.82. The Morgan fingerprint density at radius 2 is 2.11 bits per heavy atom. The second kappa shape index (κ2) is 3.99. The number of nitrogens with two attached hydrogens (primary N) is 1. The van der Waals surface area contributed by atoms with Crippen molar-refractivity contribution in [3.05, 3.63) is 47.1 Å². The Labute approximate surface area is 109 Å². The molecule has 2 aromatic heterocycles. The van der Waals surface area contributed by atoms with E-state index in [0.717, 1.165) is 11.3 Å². The third-order valence-electron chi connectivity index (χ3n) is 2.75. The van der Waals surface area contributed by atoms with Gasteiger partial charge in [-0.15, -0.1) is 0 Å². The van der Waals surface area contributed by atoms with E-state index in [1.165, 1.54) is 0 Å². The van der Waals surface area contributed by atoms with E-state index in [4.69, 9.17) is 17.3 Å². The summed E-state index contributed by atoms with van der Waals surface area (Å²) in [6, 6.07) is 9.77. The van der Waals surface area contributed by atoms with Gasteiger partial charge in [0.05, 0.1) is 10.7 Å². The lowest BCUT2D eigenvalue weighted by Gasteiger charge is -2.06. The molecule has 0 bridgehead atoms. The number of hydrogen-bond acceptors (Lipinski definition) is 3. The third kappa shape index (κ3) is 1.71. The summed E-state index contributed by atoms with van der Waals surface area (Å²) in [5, 5.41) is 0.552. The molecule has 0 fully saturated rings. The molecule has 3 rings (SSSR count). The molecule has 0 aliphatic heterocycles. The molecule has 18 heavy (non-hydrogen) atoms. The van der Waals surface area contributed by atoms with Crippen molar-refractivity contribution >= 4 is 28.7 Å². The smallest absolute Gasteiger partial charge is 0.207 e. The molecule has 4 nitrogen and oxygen atoms in total. The average molecular weight is 259 g/mol. The van der Waals surface area contributed by atoms with E-state index in [0.29, 0.717) is 22.1 Å². The summed E-state index contributed by atoms with van der Waals surface area (Å²) >= 11 is 5.90. The molecule has 0 aliphatic rings. The molecule has 3 aromatic rings. The number of imidazole rings is 1. The highest BCUT2D eigenvalue weighted by atomic mass is 35.5. The van der Waals surface area contributed by atoms with E-state index >= 15 is 0 Å². The molecule has 1 aromatic carbocycles. The normalized spacial score (nSPS) is 11.0. The Balaban J connectivity index is 2.32. The number of rotatable bonds is 1. The summed E-state index contributed by atoms with van der Waals surface area (Å²) in [5.41, 5.74) is 9.46. The Hall–Kier alpha value is -2.07. The number of pyridine rings is 1. The summed E-state index contributed by atoms with van der Waals surface area (Å²) in [6.45, 7) is 2.03. The minimum absolute atomic E-state index is 0.408. The van der Waals surface area contributed by atoms with Gasteiger partial charge < -0.3 is 5.73 Å². The Morgan fingerprint density at radius 1 is 1.28 bits per heavy atom. The van der Waals surface area contributed by atoms with Gasteiger partial charge in [0.1, 0.15) is 5.52 Å². The molecule has 2 N–H and O–H groups in total. The number of benzene rings is 1. The van der Waals surface area contributed by atoms with Crippen molar-refractivity contribution in [2.24, 2.45) is 0 Å². The van der Waals surface area contributed by atoms with E-state index < -0.39 is 0 Å². The van der Waals surface area contributed by atoms with Crippen LogP contribution < -0.4 is 5.73 Å². The van der Waals surface area contributed by atoms with E-state index in [2.05, 4.69) is 9.97 Å². The molecule has 0 aliphatic carbocycles. The minimum atomic E-state index is 0.408. The van der Waals surface area contributed by atoms with Crippen LogP contribution in [0.5, 0.6) is 0 Å². The van der Waals surface area contributed by atoms with Crippen LogP contribution in [-0.4, -0.2) is 14.5 Å². The molecule has 0 atom stereocenters. The maximum Gasteiger partial charge on any atom is 0.207 e. The monoisotopic (exact) mass is 258 g/mol. The first kappa shape index (κ1) is 11.0. The maximum atomic E-state index is 5.95. The largest absolute Gasteiger partial charge is 0.369 e. The molecule has 2 heterocycles. The molecule has 0 saturated carbocycles. The second-order valence-corrected chi connectivity index (χ2v) is 4.58. The first-order valence-corrected chi connectivity index (χ1v) is 5.89. The van der Waals surface area contributed by atoms with Crippen molar-refractivity contribution in [2.75, 3.05) is 5.73 Å². The maximum absolute atomic E-state index is 5.95. The van der Waals surface area contributed by atoms with Crippen LogP contribution in [-0.2, 0) is 0 Å². The number of anilines is 1. The van der Waals surface area contributed by atoms with E-state index in [9.17, 15) is 0 Å². The number of nitrogens with zero attached hydrogens (tertiary/aromatic N) is 3. The number of aromatic nitrogens is 3. The van der Waals surface area contributed by atoms with Crippen molar-refractivity contribution in [1.82, 2.24) is 14.5 Å². The molecule has 0 radical (unpaired) electrons. The van der Waals surface area contributed by atoms with Crippen molar-refractivity contribution in [1.29, 1.82) is 0 Å². The molecule has 90 valence electrons. The van der Waals surface area contributed by atoms with Crippen LogP contribution in [0.1, 0.15) is 5.56 Å². The number of hydrogen-bond donors (Lipinski definition) is 1. The lowest BCUT2D eigenvalue weighted by Crippen LogP contribution is -2.01. The van der Waals surface area contributed by atoms with Gasteiger partial charge >= 0.3 is 0 Å². The third-order valence-corrected chi connectivity index (χ3v) is 2.96. The SMILES string of the molecule is Cc1cccc(-n2c(N)nc3cc(Cl)cnc32)c1. The first-order valence-electron chi connectivity index (χ1n) is 5.51. The predicted octanol–water partition coefficient (Wildman–Crippen LogP) is 2.96. The van der Waals surface area contributed by atoms with Crippen LogP contribution >= 0.6 is 11.6 Å².